The molecule has 1 fully saturated rings. The maximum absolute atomic E-state index is 11.8. The fourth-order valence-corrected chi connectivity index (χ4v) is 4.35. The Hall–Kier alpha value is -1.27. The van der Waals surface area contributed by atoms with Gasteiger partial charge in [0, 0.05) is 23.0 Å². The highest BCUT2D eigenvalue weighted by Crippen LogP contribution is 2.30. The van der Waals surface area contributed by atoms with E-state index in [-0.39, 0.29) is 11.3 Å². The number of carbonyl (C=O) groups is 1. The van der Waals surface area contributed by atoms with Crippen LogP contribution in [0.15, 0.2) is 12.1 Å². The molecule has 0 amide bonds. The van der Waals surface area contributed by atoms with Crippen LogP contribution in [0, 0.1) is 6.92 Å². The number of methoxy groups -OCH3 is 1. The number of benzene rings is 1. The van der Waals surface area contributed by atoms with E-state index in [1.54, 1.807) is 12.1 Å². The summed E-state index contributed by atoms with van der Waals surface area (Å²) in [5.41, 5.74) is 2.01. The van der Waals surface area contributed by atoms with Crippen LogP contribution in [0.2, 0.25) is 5.02 Å². The second-order valence-corrected chi connectivity index (χ2v) is 8.83. The van der Waals surface area contributed by atoms with Crippen LogP contribution in [-0.2, 0) is 14.6 Å². The third kappa shape index (κ3) is 4.38. The standard InChI is InChI=1S/C16H22ClNO4S/c1-10-14(16(19)22-2)8-11(17)9-15(10)18-12-4-6-13(7-5-12)23(3,20)21/h8-9,12-13,18H,4-7H2,1-3H3/t12-,13+. The number of carbonyl (C=O) groups excluding carboxylic acids is 1. The van der Waals surface area contributed by atoms with Gasteiger partial charge in [-0.25, -0.2) is 13.2 Å². The predicted octanol–water partition coefficient (Wildman–Crippen LogP) is 3.20. The lowest BCUT2D eigenvalue weighted by Gasteiger charge is -2.29. The molecule has 0 bridgehead atoms. The van der Waals surface area contributed by atoms with E-state index >= 15 is 0 Å². The Morgan fingerprint density at radius 1 is 1.26 bits per heavy atom. The summed E-state index contributed by atoms with van der Waals surface area (Å²) in [6.45, 7) is 1.84. The summed E-state index contributed by atoms with van der Waals surface area (Å²) in [4.78, 5) is 11.8. The molecule has 0 radical (unpaired) electrons. The first-order chi connectivity index (χ1) is 10.7. The van der Waals surface area contributed by atoms with Crippen molar-refractivity contribution in [2.75, 3.05) is 18.7 Å². The average molecular weight is 360 g/mol. The SMILES string of the molecule is COC(=O)c1cc(Cl)cc(N[C@H]2CC[C@@H](S(C)(=O)=O)CC2)c1C. The van der Waals surface area contributed by atoms with E-state index in [1.165, 1.54) is 13.4 Å². The van der Waals surface area contributed by atoms with Crippen LogP contribution < -0.4 is 5.32 Å². The first kappa shape index (κ1) is 18.1. The van der Waals surface area contributed by atoms with E-state index in [9.17, 15) is 13.2 Å². The molecule has 1 aliphatic rings. The van der Waals surface area contributed by atoms with Crippen molar-refractivity contribution in [2.24, 2.45) is 0 Å². The van der Waals surface area contributed by atoms with E-state index in [0.717, 1.165) is 24.1 Å². The summed E-state index contributed by atoms with van der Waals surface area (Å²) >= 11 is 6.10. The second-order valence-electron chi connectivity index (χ2n) is 6.06. The van der Waals surface area contributed by atoms with Gasteiger partial charge in [0.25, 0.3) is 0 Å². The molecule has 23 heavy (non-hydrogen) atoms. The molecule has 1 aliphatic carbocycles. The van der Waals surface area contributed by atoms with Gasteiger partial charge in [-0.05, 0) is 50.3 Å². The number of anilines is 1. The highest BCUT2D eigenvalue weighted by atomic mass is 35.5. The number of esters is 1. The van der Waals surface area contributed by atoms with E-state index in [4.69, 9.17) is 16.3 Å². The first-order valence-corrected chi connectivity index (χ1v) is 9.89. The number of nitrogens with one attached hydrogen (secondary N) is 1. The minimum absolute atomic E-state index is 0.177. The number of ether oxygens (including phenoxy) is 1. The Kier molecular flexibility index (Phi) is 5.57. The molecule has 0 saturated heterocycles. The lowest BCUT2D eigenvalue weighted by atomic mass is 9.94. The number of rotatable bonds is 4. The lowest BCUT2D eigenvalue weighted by Crippen LogP contribution is -2.32. The average Bonchev–Trinajstić information content (AvgIpc) is 2.49. The predicted molar refractivity (Wildman–Crippen MR) is 92.0 cm³/mol. The van der Waals surface area contributed by atoms with Gasteiger partial charge in [-0.15, -0.1) is 0 Å². The molecule has 1 saturated carbocycles. The topological polar surface area (TPSA) is 72.5 Å². The van der Waals surface area contributed by atoms with E-state index in [2.05, 4.69) is 5.32 Å². The Labute approximate surface area is 142 Å². The molecular formula is C16H22ClNO4S. The molecule has 1 aromatic rings. The molecule has 1 aromatic carbocycles. The number of halogens is 1. The Morgan fingerprint density at radius 3 is 2.39 bits per heavy atom. The monoisotopic (exact) mass is 359 g/mol. The molecule has 5 nitrogen and oxygen atoms in total. The lowest BCUT2D eigenvalue weighted by molar-refractivity contribution is 0.0600. The molecule has 0 aromatic heterocycles. The number of hydrogen-bond donors (Lipinski definition) is 1. The van der Waals surface area contributed by atoms with Crippen molar-refractivity contribution in [3.8, 4) is 0 Å². The smallest absolute Gasteiger partial charge is 0.338 e. The van der Waals surface area contributed by atoms with Gasteiger partial charge in [0.05, 0.1) is 17.9 Å². The highest BCUT2D eigenvalue weighted by Gasteiger charge is 2.28. The van der Waals surface area contributed by atoms with Crippen molar-refractivity contribution in [1.82, 2.24) is 0 Å². The van der Waals surface area contributed by atoms with Crippen LogP contribution >= 0.6 is 11.6 Å². The minimum Gasteiger partial charge on any atom is -0.465 e. The molecule has 128 valence electrons. The third-order valence-corrected chi connectivity index (χ3v) is 6.32. The van der Waals surface area contributed by atoms with Crippen LogP contribution in [0.4, 0.5) is 5.69 Å². The molecule has 0 unspecified atom stereocenters. The van der Waals surface area contributed by atoms with Gasteiger partial charge in [-0.3, -0.25) is 0 Å². The minimum atomic E-state index is -2.97. The van der Waals surface area contributed by atoms with Crippen molar-refractivity contribution in [3.63, 3.8) is 0 Å². The van der Waals surface area contributed by atoms with Gasteiger partial charge in [-0.1, -0.05) is 11.6 Å². The van der Waals surface area contributed by atoms with Gasteiger partial charge in [0.15, 0.2) is 0 Å². The fourth-order valence-electron chi connectivity index (χ4n) is 3.01. The molecule has 7 heteroatoms. The summed E-state index contributed by atoms with van der Waals surface area (Å²) in [5.74, 6) is -0.422. The molecule has 0 heterocycles. The van der Waals surface area contributed by atoms with Crippen LogP contribution in [0.1, 0.15) is 41.6 Å². The van der Waals surface area contributed by atoms with Gasteiger partial charge in [0.1, 0.15) is 9.84 Å². The molecule has 0 aliphatic heterocycles. The molecule has 1 N–H and O–H groups in total. The van der Waals surface area contributed by atoms with Crippen molar-refractivity contribution in [3.05, 3.63) is 28.3 Å². The summed E-state index contributed by atoms with van der Waals surface area (Å²) in [7, 11) is -1.63. The van der Waals surface area contributed by atoms with Crippen LogP contribution in [-0.4, -0.2) is 39.0 Å². The maximum atomic E-state index is 11.8. The summed E-state index contributed by atoms with van der Waals surface area (Å²) in [5, 5.41) is 3.61. The highest BCUT2D eigenvalue weighted by molar-refractivity contribution is 7.91. The van der Waals surface area contributed by atoms with Crippen molar-refractivity contribution < 1.29 is 17.9 Å². The quantitative estimate of drug-likeness (QED) is 0.836. The zero-order valence-corrected chi connectivity index (χ0v) is 15.1. The molecular weight excluding hydrogens is 338 g/mol. The second kappa shape index (κ2) is 7.09. The van der Waals surface area contributed by atoms with E-state index in [0.29, 0.717) is 23.4 Å². The third-order valence-electron chi connectivity index (χ3n) is 4.42. The van der Waals surface area contributed by atoms with E-state index < -0.39 is 15.8 Å². The zero-order valence-electron chi connectivity index (χ0n) is 13.6. The van der Waals surface area contributed by atoms with Crippen LogP contribution in [0.3, 0.4) is 0 Å². The molecule has 0 atom stereocenters. The number of sulfone groups is 1. The maximum Gasteiger partial charge on any atom is 0.338 e. The fraction of sp³-hybridized carbons (Fsp3) is 0.562. The van der Waals surface area contributed by atoms with Crippen molar-refractivity contribution >= 4 is 33.1 Å². The molecule has 0 spiro atoms. The van der Waals surface area contributed by atoms with Gasteiger partial charge < -0.3 is 10.1 Å². The van der Waals surface area contributed by atoms with Gasteiger partial charge in [-0.2, -0.15) is 0 Å². The Morgan fingerprint density at radius 2 is 1.87 bits per heavy atom. The van der Waals surface area contributed by atoms with Crippen molar-refractivity contribution in [1.29, 1.82) is 0 Å². The summed E-state index contributed by atoms with van der Waals surface area (Å²) in [6.07, 6.45) is 4.16. The summed E-state index contributed by atoms with van der Waals surface area (Å²) < 4.78 is 28.0. The summed E-state index contributed by atoms with van der Waals surface area (Å²) in [6, 6.07) is 3.55. The normalized spacial score (nSPS) is 21.7. The van der Waals surface area contributed by atoms with Gasteiger partial charge >= 0.3 is 5.97 Å². The Bertz CT molecular complexity index is 694. The largest absolute Gasteiger partial charge is 0.465 e. The van der Waals surface area contributed by atoms with Crippen LogP contribution in [0.25, 0.3) is 0 Å². The van der Waals surface area contributed by atoms with Crippen LogP contribution in [0.5, 0.6) is 0 Å². The molecule has 2 rings (SSSR count). The van der Waals surface area contributed by atoms with Gasteiger partial charge in [0.2, 0.25) is 0 Å². The number of hydrogen-bond acceptors (Lipinski definition) is 5. The first-order valence-electron chi connectivity index (χ1n) is 7.56. The zero-order chi connectivity index (χ0) is 17.2. The van der Waals surface area contributed by atoms with Crippen molar-refractivity contribution in [2.45, 2.75) is 43.9 Å². The van der Waals surface area contributed by atoms with E-state index in [1.807, 2.05) is 6.92 Å². The Balaban J connectivity index is 2.13.